The van der Waals surface area contributed by atoms with Crippen molar-refractivity contribution in [1.82, 2.24) is 25.0 Å². The summed E-state index contributed by atoms with van der Waals surface area (Å²) in [5.74, 6) is -1.03. The topological polar surface area (TPSA) is 110 Å². The highest BCUT2D eigenvalue weighted by Crippen LogP contribution is 2.34. The summed E-state index contributed by atoms with van der Waals surface area (Å²) in [7, 11) is 1.85. The van der Waals surface area contributed by atoms with Gasteiger partial charge >= 0.3 is 6.09 Å². The molecule has 2 saturated heterocycles. The van der Waals surface area contributed by atoms with Crippen LogP contribution in [0.2, 0.25) is 0 Å². The minimum absolute atomic E-state index is 0.247. The van der Waals surface area contributed by atoms with E-state index in [1.54, 1.807) is 22.0 Å². The van der Waals surface area contributed by atoms with E-state index in [2.05, 4.69) is 20.3 Å². The number of pyridine rings is 1. The quantitative estimate of drug-likeness (QED) is 0.723. The summed E-state index contributed by atoms with van der Waals surface area (Å²) < 4.78 is 7.25. The van der Waals surface area contributed by atoms with Crippen LogP contribution in [0.1, 0.15) is 45.2 Å². The van der Waals surface area contributed by atoms with Gasteiger partial charge in [0.1, 0.15) is 5.60 Å². The number of carbonyl (C=O) groups is 3. The van der Waals surface area contributed by atoms with Crippen LogP contribution in [0.3, 0.4) is 0 Å². The van der Waals surface area contributed by atoms with E-state index in [-0.39, 0.29) is 17.9 Å². The highest BCUT2D eigenvalue weighted by molar-refractivity contribution is 6.03. The Balaban J connectivity index is 1.56. The number of nitrogens with zero attached hydrogens (tertiary/aromatic N) is 5. The lowest BCUT2D eigenvalue weighted by atomic mass is 9.93. The van der Waals surface area contributed by atoms with Gasteiger partial charge in [0.25, 0.3) is 0 Å². The van der Waals surface area contributed by atoms with Gasteiger partial charge in [0, 0.05) is 51.2 Å². The van der Waals surface area contributed by atoms with Crippen molar-refractivity contribution in [3.05, 3.63) is 18.1 Å². The Kier molecular flexibility index (Phi) is 5.32. The number of anilines is 1. The van der Waals surface area contributed by atoms with Crippen LogP contribution in [-0.2, 0) is 21.4 Å². The van der Waals surface area contributed by atoms with E-state index in [0.717, 1.165) is 16.6 Å². The maximum absolute atomic E-state index is 12.4. The van der Waals surface area contributed by atoms with Crippen LogP contribution in [0.15, 0.2) is 12.4 Å². The highest BCUT2D eigenvalue weighted by atomic mass is 16.6. The van der Waals surface area contributed by atoms with Gasteiger partial charge in [-0.1, -0.05) is 0 Å². The number of rotatable bonds is 2. The third kappa shape index (κ3) is 4.19. The van der Waals surface area contributed by atoms with Gasteiger partial charge in [-0.25, -0.2) is 4.79 Å². The molecule has 0 aliphatic carbocycles. The van der Waals surface area contributed by atoms with Crippen molar-refractivity contribution in [1.29, 1.82) is 0 Å². The summed E-state index contributed by atoms with van der Waals surface area (Å²) in [5, 5.41) is 7.83. The Morgan fingerprint density at radius 2 is 1.87 bits per heavy atom. The van der Waals surface area contributed by atoms with E-state index in [1.807, 2.05) is 27.8 Å². The summed E-state index contributed by atoms with van der Waals surface area (Å²) in [6, 6.07) is 0. The lowest BCUT2D eigenvalue weighted by molar-refractivity contribution is -0.134. The van der Waals surface area contributed by atoms with Crippen LogP contribution in [0.4, 0.5) is 10.5 Å². The van der Waals surface area contributed by atoms with Crippen molar-refractivity contribution in [2.24, 2.45) is 7.05 Å². The second-order valence-corrected chi connectivity index (χ2v) is 9.02. The zero-order chi connectivity index (χ0) is 22.3. The number of piperazine rings is 1. The lowest BCUT2D eigenvalue weighted by Gasteiger charge is -2.36. The molecule has 10 heteroatoms. The van der Waals surface area contributed by atoms with Gasteiger partial charge in [0.2, 0.25) is 11.8 Å². The molecule has 4 heterocycles. The third-order valence-electron chi connectivity index (χ3n) is 5.60. The molecule has 0 spiro atoms. The van der Waals surface area contributed by atoms with E-state index in [9.17, 15) is 14.4 Å². The number of hydrogen-bond acceptors (Lipinski definition) is 7. The Labute approximate surface area is 180 Å². The number of nitrogens with one attached hydrogen (secondary N) is 1. The summed E-state index contributed by atoms with van der Waals surface area (Å²) >= 11 is 0. The Morgan fingerprint density at radius 1 is 1.16 bits per heavy atom. The predicted molar refractivity (Wildman–Crippen MR) is 114 cm³/mol. The molecule has 4 rings (SSSR count). The first kappa shape index (κ1) is 21.1. The van der Waals surface area contributed by atoms with Crippen molar-refractivity contribution in [2.75, 3.05) is 31.1 Å². The number of aromatic nitrogens is 3. The first-order chi connectivity index (χ1) is 14.6. The molecule has 0 saturated carbocycles. The van der Waals surface area contributed by atoms with Crippen molar-refractivity contribution in [2.45, 2.75) is 45.1 Å². The van der Waals surface area contributed by atoms with Crippen LogP contribution in [0, 0.1) is 0 Å². The zero-order valence-electron chi connectivity index (χ0n) is 18.3. The van der Waals surface area contributed by atoms with Gasteiger partial charge in [-0.2, -0.15) is 5.10 Å². The summed E-state index contributed by atoms with van der Waals surface area (Å²) in [6.07, 6.45) is 3.96. The molecule has 1 atom stereocenters. The molecular formula is C21H28N6O4. The number of carbonyl (C=O) groups excluding carboxylic acids is 3. The Morgan fingerprint density at radius 3 is 2.52 bits per heavy atom. The number of hydrogen-bond donors (Lipinski definition) is 1. The van der Waals surface area contributed by atoms with Crippen molar-refractivity contribution in [3.8, 4) is 0 Å². The van der Waals surface area contributed by atoms with Gasteiger partial charge < -0.3 is 14.5 Å². The second-order valence-electron chi connectivity index (χ2n) is 9.02. The highest BCUT2D eigenvalue weighted by Gasteiger charge is 2.33. The minimum atomic E-state index is -0.523. The Hall–Kier alpha value is -3.17. The molecule has 2 aliphatic heterocycles. The largest absolute Gasteiger partial charge is 0.444 e. The number of piperidine rings is 1. The summed E-state index contributed by atoms with van der Waals surface area (Å²) in [6.45, 7) is 7.94. The molecule has 0 aromatic carbocycles. The average Bonchev–Trinajstić information content (AvgIpc) is 3.03. The van der Waals surface area contributed by atoms with Crippen molar-refractivity contribution in [3.63, 3.8) is 0 Å². The SMILES string of the molecule is Cn1nc(C2CCC(=O)NC2=O)c2cncc(N3CCN(C(=O)OC(C)(C)C)CC3)c21. The maximum Gasteiger partial charge on any atom is 0.410 e. The minimum Gasteiger partial charge on any atom is -0.444 e. The van der Waals surface area contributed by atoms with E-state index in [0.29, 0.717) is 44.7 Å². The summed E-state index contributed by atoms with van der Waals surface area (Å²) in [4.78, 5) is 44.5. The maximum atomic E-state index is 12.4. The number of amides is 3. The monoisotopic (exact) mass is 428 g/mol. The fraction of sp³-hybridized carbons (Fsp3) is 0.571. The molecule has 0 radical (unpaired) electrons. The smallest absolute Gasteiger partial charge is 0.410 e. The predicted octanol–water partition coefficient (Wildman–Crippen LogP) is 1.55. The fourth-order valence-electron chi connectivity index (χ4n) is 4.14. The molecule has 2 aromatic heterocycles. The van der Waals surface area contributed by atoms with Crippen LogP contribution in [0.5, 0.6) is 0 Å². The molecule has 1 unspecified atom stereocenters. The van der Waals surface area contributed by atoms with E-state index >= 15 is 0 Å². The second kappa shape index (κ2) is 7.82. The van der Waals surface area contributed by atoms with Gasteiger partial charge in [-0.15, -0.1) is 0 Å². The first-order valence-corrected chi connectivity index (χ1v) is 10.5. The van der Waals surface area contributed by atoms with Gasteiger partial charge in [-0.05, 0) is 27.2 Å². The van der Waals surface area contributed by atoms with Crippen molar-refractivity contribution >= 4 is 34.5 Å². The van der Waals surface area contributed by atoms with Crippen LogP contribution in [-0.4, -0.2) is 69.4 Å². The van der Waals surface area contributed by atoms with Gasteiger partial charge in [0.05, 0.1) is 29.0 Å². The molecular weight excluding hydrogens is 400 g/mol. The van der Waals surface area contributed by atoms with E-state index in [4.69, 9.17) is 4.74 Å². The van der Waals surface area contributed by atoms with Gasteiger partial charge in [-0.3, -0.25) is 24.6 Å². The molecule has 2 fully saturated rings. The molecule has 31 heavy (non-hydrogen) atoms. The fourth-order valence-corrected chi connectivity index (χ4v) is 4.14. The van der Waals surface area contributed by atoms with E-state index in [1.165, 1.54) is 0 Å². The molecule has 1 N–H and O–H groups in total. The first-order valence-electron chi connectivity index (χ1n) is 10.5. The van der Waals surface area contributed by atoms with Gasteiger partial charge in [0.15, 0.2) is 0 Å². The van der Waals surface area contributed by atoms with Crippen LogP contribution >= 0.6 is 0 Å². The molecule has 166 valence electrons. The standard InChI is InChI=1S/C21H28N6O4/c1-21(2,3)31-20(30)27-9-7-26(8-10-27)15-12-22-11-14-17(24-25(4)18(14)15)13-5-6-16(28)23-19(13)29/h11-13H,5-10H2,1-4H3,(H,23,28,29). The number of ether oxygens (including phenoxy) is 1. The zero-order valence-corrected chi connectivity index (χ0v) is 18.3. The molecule has 0 bridgehead atoms. The number of imide groups is 1. The third-order valence-corrected chi connectivity index (χ3v) is 5.60. The molecule has 3 amide bonds. The number of aryl methyl sites for hydroxylation is 1. The molecule has 10 nitrogen and oxygen atoms in total. The van der Waals surface area contributed by atoms with Crippen LogP contribution in [0.25, 0.3) is 10.9 Å². The van der Waals surface area contributed by atoms with E-state index < -0.39 is 11.5 Å². The molecule has 2 aliphatic rings. The van der Waals surface area contributed by atoms with Crippen molar-refractivity contribution < 1.29 is 19.1 Å². The lowest BCUT2D eigenvalue weighted by Crippen LogP contribution is -2.50. The number of fused-ring (bicyclic) bond motifs is 1. The average molecular weight is 428 g/mol. The Bertz CT molecular complexity index is 1030. The van der Waals surface area contributed by atoms with Crippen LogP contribution < -0.4 is 10.2 Å². The molecule has 2 aromatic rings. The summed E-state index contributed by atoms with van der Waals surface area (Å²) in [5.41, 5.74) is 1.92. The normalized spacial score (nSPS) is 20.2.